The quantitative estimate of drug-likeness (QED) is 0.451. The van der Waals surface area contributed by atoms with Crippen LogP contribution in [0.1, 0.15) is 26.2 Å². The highest BCUT2D eigenvalue weighted by Crippen LogP contribution is 2.32. The summed E-state index contributed by atoms with van der Waals surface area (Å²) in [7, 11) is -1.51. The molecule has 114 valence electrons. The predicted octanol–water partition coefficient (Wildman–Crippen LogP) is 2.01. The first kappa shape index (κ1) is 16.7. The molecule has 1 rings (SSSR count). The molecule has 0 aliphatic carbocycles. The first-order valence-electron chi connectivity index (χ1n) is 6.93. The van der Waals surface area contributed by atoms with Crippen LogP contribution in [-0.4, -0.2) is 44.5 Å². The maximum atomic E-state index is 12.1. The van der Waals surface area contributed by atoms with Crippen molar-refractivity contribution in [3.63, 3.8) is 0 Å². The summed E-state index contributed by atoms with van der Waals surface area (Å²) in [4.78, 5) is 28.8. The molecule has 20 heavy (non-hydrogen) atoms. The van der Waals surface area contributed by atoms with Gasteiger partial charge in [-0.05, 0) is 26.2 Å². The van der Waals surface area contributed by atoms with E-state index in [4.69, 9.17) is 14.3 Å². The Balaban J connectivity index is 3.06. The van der Waals surface area contributed by atoms with Crippen molar-refractivity contribution in [2.75, 3.05) is 13.2 Å². The largest absolute Gasteiger partial charge is 0.448 e. The minimum Gasteiger partial charge on any atom is -0.448 e. The summed E-state index contributed by atoms with van der Waals surface area (Å²) in [6.45, 7) is 9.91. The standard InChI is InChI=1S/C13H23NO5Si/c1-5-11(15)19-14(12(16)17-6-2)13(20(3)4)9-7-8-10-18-13/h5,20H,1,6-10H2,2-4H3. The zero-order valence-electron chi connectivity index (χ0n) is 12.4. The van der Waals surface area contributed by atoms with E-state index in [-0.39, 0.29) is 6.61 Å². The second-order valence-electron chi connectivity index (χ2n) is 4.91. The van der Waals surface area contributed by atoms with E-state index < -0.39 is 26.2 Å². The Morgan fingerprint density at radius 1 is 1.45 bits per heavy atom. The van der Waals surface area contributed by atoms with Gasteiger partial charge in [-0.2, -0.15) is 0 Å². The summed E-state index contributed by atoms with van der Waals surface area (Å²) in [5, 5.41) is 0.153. The van der Waals surface area contributed by atoms with Crippen LogP contribution >= 0.6 is 0 Å². The summed E-state index contributed by atoms with van der Waals surface area (Å²) in [5.41, 5.74) is 0. The second kappa shape index (κ2) is 7.44. The number of carbonyl (C=O) groups excluding carboxylic acids is 2. The van der Waals surface area contributed by atoms with Crippen LogP contribution in [0.3, 0.4) is 0 Å². The molecule has 1 amide bonds. The fourth-order valence-electron chi connectivity index (χ4n) is 2.23. The van der Waals surface area contributed by atoms with Crippen LogP contribution < -0.4 is 0 Å². The van der Waals surface area contributed by atoms with Gasteiger partial charge in [0.05, 0.1) is 15.4 Å². The zero-order chi connectivity index (χ0) is 15.2. The Morgan fingerprint density at radius 3 is 2.60 bits per heavy atom. The molecule has 1 fully saturated rings. The van der Waals surface area contributed by atoms with Crippen molar-refractivity contribution >= 4 is 20.9 Å². The summed E-state index contributed by atoms with van der Waals surface area (Å²) < 4.78 is 10.9. The third-order valence-corrected chi connectivity index (χ3v) is 5.80. The van der Waals surface area contributed by atoms with Gasteiger partial charge in [0, 0.05) is 12.7 Å². The summed E-state index contributed by atoms with van der Waals surface area (Å²) in [6, 6.07) is 0. The number of rotatable bonds is 4. The molecule has 1 atom stereocenters. The van der Waals surface area contributed by atoms with Gasteiger partial charge in [-0.1, -0.05) is 19.7 Å². The first-order valence-corrected chi connectivity index (χ1v) is 9.82. The maximum absolute atomic E-state index is 12.1. The van der Waals surface area contributed by atoms with E-state index in [1.165, 1.54) is 0 Å². The Kier molecular flexibility index (Phi) is 6.22. The highest BCUT2D eigenvalue weighted by Gasteiger charge is 2.48. The van der Waals surface area contributed by atoms with Crippen molar-refractivity contribution < 1.29 is 23.9 Å². The fraction of sp³-hybridized carbons (Fsp3) is 0.692. The Labute approximate surface area is 121 Å². The minimum atomic E-state index is -1.51. The molecule has 0 aromatic carbocycles. The minimum absolute atomic E-state index is 0.205. The molecule has 1 unspecified atom stereocenters. The number of amides is 1. The van der Waals surface area contributed by atoms with Crippen LogP contribution in [0.25, 0.3) is 0 Å². The first-order chi connectivity index (χ1) is 9.47. The predicted molar refractivity (Wildman–Crippen MR) is 76.6 cm³/mol. The Morgan fingerprint density at radius 2 is 2.15 bits per heavy atom. The Hall–Kier alpha value is -1.34. The smallest absolute Gasteiger partial charge is 0.445 e. The van der Waals surface area contributed by atoms with Crippen molar-refractivity contribution in [3.05, 3.63) is 12.7 Å². The van der Waals surface area contributed by atoms with Crippen LogP contribution in [0.5, 0.6) is 0 Å². The van der Waals surface area contributed by atoms with Crippen molar-refractivity contribution in [3.8, 4) is 0 Å². The zero-order valence-corrected chi connectivity index (χ0v) is 13.5. The molecule has 0 aromatic rings. The third kappa shape index (κ3) is 3.60. The molecule has 0 N–H and O–H groups in total. The highest BCUT2D eigenvalue weighted by atomic mass is 28.3. The third-order valence-electron chi connectivity index (χ3n) is 3.31. The molecule has 0 aromatic heterocycles. The number of nitrogens with zero attached hydrogens (tertiary/aromatic N) is 1. The van der Waals surface area contributed by atoms with Crippen molar-refractivity contribution in [2.45, 2.75) is 44.6 Å². The average Bonchev–Trinajstić information content (AvgIpc) is 2.45. The second-order valence-corrected chi connectivity index (χ2v) is 8.12. The van der Waals surface area contributed by atoms with E-state index >= 15 is 0 Å². The van der Waals surface area contributed by atoms with Gasteiger partial charge in [-0.15, -0.1) is 5.06 Å². The number of hydrogen-bond acceptors (Lipinski definition) is 5. The lowest BCUT2D eigenvalue weighted by Crippen LogP contribution is -2.62. The molecule has 0 radical (unpaired) electrons. The molecular weight excluding hydrogens is 278 g/mol. The van der Waals surface area contributed by atoms with Crippen LogP contribution in [0.15, 0.2) is 12.7 Å². The lowest BCUT2D eigenvalue weighted by atomic mass is 10.2. The lowest BCUT2D eigenvalue weighted by Gasteiger charge is -2.45. The molecule has 7 heteroatoms. The fourth-order valence-corrected chi connectivity index (χ4v) is 4.09. The monoisotopic (exact) mass is 301 g/mol. The number of carbonyl (C=O) groups is 2. The van der Waals surface area contributed by atoms with Crippen molar-refractivity contribution in [1.82, 2.24) is 5.06 Å². The molecule has 1 aliphatic rings. The topological polar surface area (TPSA) is 65.1 Å². The normalized spacial score (nSPS) is 22.2. The van der Waals surface area contributed by atoms with E-state index in [0.717, 1.165) is 24.0 Å². The van der Waals surface area contributed by atoms with Gasteiger partial charge in [0.2, 0.25) is 0 Å². The van der Waals surface area contributed by atoms with E-state index in [2.05, 4.69) is 19.7 Å². The number of hydrogen-bond donors (Lipinski definition) is 0. The molecule has 1 aliphatic heterocycles. The van der Waals surface area contributed by atoms with Gasteiger partial charge in [0.15, 0.2) is 5.35 Å². The molecule has 1 saturated heterocycles. The van der Waals surface area contributed by atoms with E-state index in [1.807, 2.05) is 0 Å². The Bertz CT molecular complexity index is 366. The molecule has 0 saturated carbocycles. The summed E-state index contributed by atoms with van der Waals surface area (Å²) in [5.74, 6) is -0.693. The van der Waals surface area contributed by atoms with Gasteiger partial charge >= 0.3 is 12.1 Å². The van der Waals surface area contributed by atoms with Gasteiger partial charge < -0.3 is 14.3 Å². The van der Waals surface area contributed by atoms with Crippen LogP contribution in [0.2, 0.25) is 13.1 Å². The van der Waals surface area contributed by atoms with E-state index in [1.54, 1.807) is 6.92 Å². The number of hydroxylamine groups is 2. The van der Waals surface area contributed by atoms with E-state index in [9.17, 15) is 9.59 Å². The van der Waals surface area contributed by atoms with Gasteiger partial charge in [0.1, 0.15) is 0 Å². The molecule has 0 spiro atoms. The summed E-state index contributed by atoms with van der Waals surface area (Å²) in [6.07, 6.45) is 2.85. The van der Waals surface area contributed by atoms with Crippen molar-refractivity contribution in [1.29, 1.82) is 0 Å². The summed E-state index contributed by atoms with van der Waals surface area (Å²) >= 11 is 0. The van der Waals surface area contributed by atoms with Gasteiger partial charge in [-0.3, -0.25) is 0 Å². The highest BCUT2D eigenvalue weighted by molar-refractivity contribution is 6.59. The van der Waals surface area contributed by atoms with Crippen molar-refractivity contribution in [2.24, 2.45) is 0 Å². The average molecular weight is 301 g/mol. The molecule has 0 bridgehead atoms. The van der Waals surface area contributed by atoms with Crippen LogP contribution in [0, 0.1) is 0 Å². The van der Waals surface area contributed by atoms with Crippen LogP contribution in [-0.2, 0) is 19.1 Å². The number of ether oxygens (including phenoxy) is 2. The molecule has 1 heterocycles. The molecular formula is C13H23NO5Si. The van der Waals surface area contributed by atoms with Gasteiger partial charge in [0.25, 0.3) is 0 Å². The SMILES string of the molecule is C=CC(=O)ON(C(=O)OCC)C1([SiH](C)C)CCCCO1. The van der Waals surface area contributed by atoms with Gasteiger partial charge in [-0.25, -0.2) is 9.59 Å². The van der Waals surface area contributed by atoms with Crippen LogP contribution in [0.4, 0.5) is 4.79 Å². The maximum Gasteiger partial charge on any atom is 0.445 e. The molecule has 6 nitrogen and oxygen atoms in total. The van der Waals surface area contributed by atoms with E-state index in [0.29, 0.717) is 13.0 Å². The lowest BCUT2D eigenvalue weighted by molar-refractivity contribution is -0.249.